The van der Waals surface area contributed by atoms with Crippen LogP contribution >= 0.6 is 11.6 Å². The van der Waals surface area contributed by atoms with E-state index in [2.05, 4.69) is 4.98 Å². The molecule has 0 aliphatic carbocycles. The number of aromatic nitrogens is 1. The Balaban J connectivity index is 1.90. The van der Waals surface area contributed by atoms with Crippen LogP contribution in [0.5, 0.6) is 5.75 Å². The molecule has 1 fully saturated rings. The Kier molecular flexibility index (Phi) is 6.76. The van der Waals surface area contributed by atoms with Crippen LogP contribution in [0.15, 0.2) is 58.5 Å². The number of carbonyl (C=O) groups excluding carboxylic acids is 1. The van der Waals surface area contributed by atoms with Gasteiger partial charge in [-0.3, -0.25) is 9.78 Å². The lowest BCUT2D eigenvalue weighted by Gasteiger charge is -2.35. The number of rotatable bonds is 6. The Hall–Kier alpha value is -2.84. The van der Waals surface area contributed by atoms with Crippen molar-refractivity contribution in [2.75, 3.05) is 31.7 Å². The van der Waals surface area contributed by atoms with E-state index >= 15 is 0 Å². The highest BCUT2D eigenvalue weighted by Crippen LogP contribution is 2.39. The van der Waals surface area contributed by atoms with Crippen LogP contribution in [0.2, 0.25) is 5.02 Å². The van der Waals surface area contributed by atoms with Gasteiger partial charge in [0.05, 0.1) is 35.7 Å². The Labute approximate surface area is 198 Å². The Morgan fingerprint density at radius 1 is 1.21 bits per heavy atom. The first-order valence-electron chi connectivity index (χ1n) is 10.7. The maximum absolute atomic E-state index is 13.7. The molecule has 0 N–H and O–H groups in total. The van der Waals surface area contributed by atoms with Gasteiger partial charge in [0.15, 0.2) is 0 Å². The van der Waals surface area contributed by atoms with Gasteiger partial charge in [-0.1, -0.05) is 11.6 Å². The molecule has 0 bridgehead atoms. The molecule has 4 rings (SSSR count). The molecule has 1 saturated heterocycles. The Morgan fingerprint density at radius 3 is 2.67 bits per heavy atom. The Morgan fingerprint density at radius 2 is 1.97 bits per heavy atom. The second-order valence-electron chi connectivity index (χ2n) is 7.85. The monoisotopic (exact) mass is 488 g/mol. The molecular formula is C24H25ClN2O5S. The van der Waals surface area contributed by atoms with Crippen molar-refractivity contribution in [3.8, 4) is 5.75 Å². The van der Waals surface area contributed by atoms with Gasteiger partial charge >= 0.3 is 5.97 Å². The fraction of sp³-hybridized carbons (Fsp3) is 0.333. The van der Waals surface area contributed by atoms with Crippen molar-refractivity contribution in [2.45, 2.75) is 29.6 Å². The third-order valence-electron chi connectivity index (χ3n) is 5.78. The van der Waals surface area contributed by atoms with Crippen molar-refractivity contribution in [3.05, 3.63) is 53.7 Å². The first-order valence-corrected chi connectivity index (χ1v) is 12.6. The molecule has 2 heterocycles. The molecule has 0 saturated carbocycles. The minimum atomic E-state index is -3.91. The Bertz CT molecular complexity index is 1280. The predicted molar refractivity (Wildman–Crippen MR) is 127 cm³/mol. The van der Waals surface area contributed by atoms with E-state index in [0.717, 1.165) is 6.42 Å². The molecule has 174 valence electrons. The van der Waals surface area contributed by atoms with Crippen LogP contribution in [0.3, 0.4) is 0 Å². The van der Waals surface area contributed by atoms with Crippen molar-refractivity contribution in [1.82, 2.24) is 4.98 Å². The second kappa shape index (κ2) is 9.57. The van der Waals surface area contributed by atoms with Gasteiger partial charge in [0.25, 0.3) is 0 Å². The van der Waals surface area contributed by atoms with Gasteiger partial charge in [-0.2, -0.15) is 0 Å². The number of nitrogens with zero attached hydrogens (tertiary/aromatic N) is 2. The summed E-state index contributed by atoms with van der Waals surface area (Å²) in [6.45, 7) is 3.05. The number of pyridine rings is 1. The van der Waals surface area contributed by atoms with Crippen molar-refractivity contribution < 1.29 is 22.7 Å². The molecule has 1 aliphatic rings. The zero-order valence-electron chi connectivity index (χ0n) is 18.5. The zero-order valence-corrected chi connectivity index (χ0v) is 20.0. The predicted octanol–water partition coefficient (Wildman–Crippen LogP) is 4.51. The molecule has 0 spiro atoms. The van der Waals surface area contributed by atoms with E-state index in [1.807, 2.05) is 4.90 Å². The smallest absolute Gasteiger partial charge is 0.310 e. The molecule has 9 heteroatoms. The average molecular weight is 489 g/mol. The summed E-state index contributed by atoms with van der Waals surface area (Å²) in [6.07, 6.45) is 2.82. The summed E-state index contributed by atoms with van der Waals surface area (Å²) in [5.41, 5.74) is 1.15. The van der Waals surface area contributed by atoms with E-state index in [4.69, 9.17) is 21.1 Å². The average Bonchev–Trinajstić information content (AvgIpc) is 2.83. The number of ether oxygens (including phenoxy) is 2. The molecule has 3 aromatic rings. The summed E-state index contributed by atoms with van der Waals surface area (Å²) in [7, 11) is -2.36. The molecule has 1 aliphatic heterocycles. The lowest BCUT2D eigenvalue weighted by molar-refractivity contribution is -0.148. The number of hydrogen-bond acceptors (Lipinski definition) is 7. The first-order chi connectivity index (χ1) is 15.8. The van der Waals surface area contributed by atoms with Crippen LogP contribution in [0.1, 0.15) is 19.8 Å². The van der Waals surface area contributed by atoms with E-state index in [-0.39, 0.29) is 21.7 Å². The number of carbonyl (C=O) groups is 1. The third-order valence-corrected chi connectivity index (χ3v) is 7.81. The number of piperidine rings is 1. The number of benzene rings is 2. The van der Waals surface area contributed by atoms with Crippen molar-refractivity contribution in [2.24, 2.45) is 5.92 Å². The molecule has 0 radical (unpaired) electrons. The number of fused-ring (bicyclic) bond motifs is 1. The highest BCUT2D eigenvalue weighted by atomic mass is 35.5. The van der Waals surface area contributed by atoms with Gasteiger partial charge in [0, 0.05) is 29.7 Å². The van der Waals surface area contributed by atoms with Gasteiger partial charge in [0.1, 0.15) is 10.6 Å². The van der Waals surface area contributed by atoms with Crippen LogP contribution in [-0.2, 0) is 19.4 Å². The summed E-state index contributed by atoms with van der Waals surface area (Å²) >= 11 is 5.97. The third kappa shape index (κ3) is 4.63. The highest BCUT2D eigenvalue weighted by molar-refractivity contribution is 7.91. The maximum atomic E-state index is 13.7. The minimum absolute atomic E-state index is 0.0788. The number of hydrogen-bond donors (Lipinski definition) is 0. The van der Waals surface area contributed by atoms with Gasteiger partial charge in [0.2, 0.25) is 9.84 Å². The summed E-state index contributed by atoms with van der Waals surface area (Å²) in [5.74, 6) is -0.00981. The van der Waals surface area contributed by atoms with Crippen molar-refractivity contribution in [1.29, 1.82) is 0 Å². The molecule has 33 heavy (non-hydrogen) atoms. The zero-order chi connectivity index (χ0) is 23.6. The number of methoxy groups -OCH3 is 1. The van der Waals surface area contributed by atoms with E-state index in [1.165, 1.54) is 18.3 Å². The normalized spacial score (nSPS) is 16.6. The van der Waals surface area contributed by atoms with Crippen molar-refractivity contribution in [3.63, 3.8) is 0 Å². The van der Waals surface area contributed by atoms with E-state index in [0.29, 0.717) is 53.5 Å². The largest absolute Gasteiger partial charge is 0.497 e. The van der Waals surface area contributed by atoms with Gasteiger partial charge in [-0.15, -0.1) is 0 Å². The molecule has 2 aromatic carbocycles. The lowest BCUT2D eigenvalue weighted by Crippen LogP contribution is -2.40. The van der Waals surface area contributed by atoms with Crippen molar-refractivity contribution >= 4 is 44.0 Å². The quantitative estimate of drug-likeness (QED) is 0.472. The maximum Gasteiger partial charge on any atom is 0.310 e. The standard InChI is InChI=1S/C24H25ClN2O5S/c1-3-32-24(28)16-5-4-12-27(15-16)23-20-13-18(31-2)8-11-21(20)26-14-22(23)33(29,30)19-9-6-17(25)7-10-19/h6-11,13-14,16H,3-5,12,15H2,1-2H3/t16-/m0/s1. The van der Waals surface area contributed by atoms with Crippen LogP contribution in [0.4, 0.5) is 5.69 Å². The SMILES string of the molecule is CCOC(=O)[C@H]1CCCN(c2c(S(=O)(=O)c3ccc(Cl)cc3)cnc3ccc(OC)cc23)C1. The number of anilines is 1. The molecule has 1 aromatic heterocycles. The summed E-state index contributed by atoms with van der Waals surface area (Å²) in [4.78, 5) is 19.0. The molecular weight excluding hydrogens is 464 g/mol. The molecule has 1 atom stereocenters. The van der Waals surface area contributed by atoms with Gasteiger partial charge in [-0.05, 0) is 62.2 Å². The molecule has 0 unspecified atom stereocenters. The topological polar surface area (TPSA) is 85.8 Å². The fourth-order valence-corrected chi connectivity index (χ4v) is 5.72. The highest BCUT2D eigenvalue weighted by Gasteiger charge is 2.32. The van der Waals surface area contributed by atoms with Gasteiger partial charge < -0.3 is 14.4 Å². The van der Waals surface area contributed by atoms with Crippen LogP contribution in [0.25, 0.3) is 10.9 Å². The molecule has 7 nitrogen and oxygen atoms in total. The number of halogens is 1. The van der Waals surface area contributed by atoms with Crippen LogP contribution < -0.4 is 9.64 Å². The summed E-state index contributed by atoms with van der Waals surface area (Å²) in [6, 6.07) is 11.4. The van der Waals surface area contributed by atoms with Crippen LogP contribution in [0, 0.1) is 5.92 Å². The first kappa shape index (κ1) is 23.3. The summed E-state index contributed by atoms with van der Waals surface area (Å²) < 4.78 is 38.0. The van der Waals surface area contributed by atoms with E-state index < -0.39 is 9.84 Å². The summed E-state index contributed by atoms with van der Waals surface area (Å²) in [5, 5.41) is 1.10. The fourth-order valence-electron chi connectivity index (χ4n) is 4.16. The second-order valence-corrected chi connectivity index (χ2v) is 10.2. The van der Waals surface area contributed by atoms with Crippen LogP contribution in [-0.4, -0.2) is 46.2 Å². The van der Waals surface area contributed by atoms with E-state index in [1.54, 1.807) is 44.4 Å². The number of esters is 1. The van der Waals surface area contributed by atoms with E-state index in [9.17, 15) is 13.2 Å². The van der Waals surface area contributed by atoms with Gasteiger partial charge in [-0.25, -0.2) is 8.42 Å². The number of sulfone groups is 1. The molecule has 0 amide bonds. The minimum Gasteiger partial charge on any atom is -0.497 e. The lowest BCUT2D eigenvalue weighted by atomic mass is 9.97.